The molecule has 3 aliphatic rings. The van der Waals surface area contributed by atoms with Crippen LogP contribution in [0.1, 0.15) is 71.1 Å². The fourth-order valence-corrected chi connectivity index (χ4v) is 5.30. The molecular formula is C23H34O4. The minimum atomic E-state index is -0.555. The summed E-state index contributed by atoms with van der Waals surface area (Å²) in [7, 11) is 1.42. The van der Waals surface area contributed by atoms with E-state index in [0.29, 0.717) is 24.7 Å². The standard InChI is InChI=1S/C23H34O4/c1-23-14-13-21(25)18(11-12-20(24)16-7-4-3-5-8-16)19(23)15-17(23)9-6-10-22(26)27-2/h9,16,18-21,24-25H,3-8,10,13-15H2,1-2H3/b17-9-/t18-,19-,20?,21-,23-/m0/s1. The lowest BCUT2D eigenvalue weighted by atomic mass is 9.48. The van der Waals surface area contributed by atoms with Crippen LogP contribution in [-0.2, 0) is 9.53 Å². The van der Waals surface area contributed by atoms with Gasteiger partial charge in [-0.2, -0.15) is 0 Å². The first kappa shape index (κ1) is 20.4. The Hall–Kier alpha value is -1.31. The molecule has 0 aromatic carbocycles. The molecule has 4 heteroatoms. The van der Waals surface area contributed by atoms with Crippen LogP contribution in [0.4, 0.5) is 0 Å². The number of hydrogen-bond acceptors (Lipinski definition) is 4. The van der Waals surface area contributed by atoms with Gasteiger partial charge in [0.15, 0.2) is 0 Å². The topological polar surface area (TPSA) is 66.8 Å². The summed E-state index contributed by atoms with van der Waals surface area (Å²) in [6.07, 6.45) is 10.8. The molecule has 3 saturated carbocycles. The summed E-state index contributed by atoms with van der Waals surface area (Å²) in [5.41, 5.74) is 1.47. The Balaban J connectivity index is 1.63. The van der Waals surface area contributed by atoms with Gasteiger partial charge in [0, 0.05) is 6.42 Å². The molecule has 0 radical (unpaired) electrons. The van der Waals surface area contributed by atoms with Crippen LogP contribution in [0, 0.1) is 35.0 Å². The minimum Gasteiger partial charge on any atom is -0.469 e. The summed E-state index contributed by atoms with van der Waals surface area (Å²) in [6, 6.07) is 0. The predicted molar refractivity (Wildman–Crippen MR) is 105 cm³/mol. The van der Waals surface area contributed by atoms with Crippen LogP contribution in [0.5, 0.6) is 0 Å². The second-order valence-corrected chi connectivity index (χ2v) is 8.84. The van der Waals surface area contributed by atoms with Crippen LogP contribution in [0.15, 0.2) is 11.6 Å². The first-order valence-electron chi connectivity index (χ1n) is 10.6. The molecular weight excluding hydrogens is 340 g/mol. The van der Waals surface area contributed by atoms with E-state index in [2.05, 4.69) is 24.8 Å². The second-order valence-electron chi connectivity index (χ2n) is 8.84. The van der Waals surface area contributed by atoms with Crippen molar-refractivity contribution >= 4 is 5.97 Å². The predicted octanol–water partition coefficient (Wildman–Crippen LogP) is 3.61. The number of carbonyl (C=O) groups is 1. The molecule has 3 aliphatic carbocycles. The lowest BCUT2D eigenvalue weighted by molar-refractivity contribution is -0.140. The molecule has 0 aromatic heterocycles. The third-order valence-corrected chi connectivity index (χ3v) is 7.26. The molecule has 3 rings (SSSR count). The number of allylic oxidation sites excluding steroid dienone is 2. The molecule has 3 fully saturated rings. The average Bonchev–Trinajstić information content (AvgIpc) is 2.69. The first-order valence-corrected chi connectivity index (χ1v) is 10.6. The molecule has 0 bridgehead atoms. The van der Waals surface area contributed by atoms with Gasteiger partial charge in [0.1, 0.15) is 6.10 Å². The van der Waals surface area contributed by atoms with E-state index < -0.39 is 12.2 Å². The Morgan fingerprint density at radius 3 is 2.78 bits per heavy atom. The number of carbonyl (C=O) groups excluding carboxylic acids is 1. The van der Waals surface area contributed by atoms with E-state index >= 15 is 0 Å². The number of methoxy groups -OCH3 is 1. The number of esters is 1. The highest BCUT2D eigenvalue weighted by Gasteiger charge is 2.54. The van der Waals surface area contributed by atoms with Crippen LogP contribution < -0.4 is 0 Å². The van der Waals surface area contributed by atoms with Crippen molar-refractivity contribution in [1.29, 1.82) is 0 Å². The summed E-state index contributed by atoms with van der Waals surface area (Å²) in [5, 5.41) is 21.0. The van der Waals surface area contributed by atoms with E-state index in [0.717, 1.165) is 32.1 Å². The van der Waals surface area contributed by atoms with Gasteiger partial charge in [-0.15, -0.1) is 0 Å². The fraction of sp³-hybridized carbons (Fsp3) is 0.783. The maximum atomic E-state index is 11.3. The van der Waals surface area contributed by atoms with Gasteiger partial charge in [-0.05, 0) is 55.8 Å². The van der Waals surface area contributed by atoms with Gasteiger partial charge in [0.05, 0.1) is 19.1 Å². The molecule has 0 heterocycles. The highest BCUT2D eigenvalue weighted by Crippen LogP contribution is 2.60. The van der Waals surface area contributed by atoms with Crippen molar-refractivity contribution < 1.29 is 19.7 Å². The summed E-state index contributed by atoms with van der Waals surface area (Å²) < 4.78 is 4.71. The van der Waals surface area contributed by atoms with E-state index in [-0.39, 0.29) is 17.3 Å². The van der Waals surface area contributed by atoms with Crippen LogP contribution in [0.3, 0.4) is 0 Å². The molecule has 0 aromatic rings. The van der Waals surface area contributed by atoms with Crippen LogP contribution >= 0.6 is 0 Å². The Morgan fingerprint density at radius 2 is 2.07 bits per heavy atom. The number of hydrogen-bond donors (Lipinski definition) is 2. The molecule has 2 N–H and O–H groups in total. The van der Waals surface area contributed by atoms with Crippen LogP contribution in [0.25, 0.3) is 0 Å². The van der Waals surface area contributed by atoms with Crippen molar-refractivity contribution in [2.45, 2.75) is 83.3 Å². The van der Waals surface area contributed by atoms with E-state index in [1.54, 1.807) is 0 Å². The van der Waals surface area contributed by atoms with Crippen LogP contribution in [0.2, 0.25) is 0 Å². The van der Waals surface area contributed by atoms with Gasteiger partial charge in [0.2, 0.25) is 0 Å². The SMILES string of the molecule is COC(=O)CC/C=C1/C[C@H]2[C@H](C#CC(O)C3CCCCC3)[C@@H](O)CC[C@@]12C. The molecule has 0 aliphatic heterocycles. The highest BCUT2D eigenvalue weighted by molar-refractivity contribution is 5.69. The Morgan fingerprint density at radius 1 is 1.33 bits per heavy atom. The molecule has 5 atom stereocenters. The quantitative estimate of drug-likeness (QED) is 0.448. The lowest BCUT2D eigenvalue weighted by Gasteiger charge is -2.57. The normalized spacial score (nSPS) is 36.1. The van der Waals surface area contributed by atoms with E-state index in [4.69, 9.17) is 4.74 Å². The highest BCUT2D eigenvalue weighted by atomic mass is 16.5. The maximum Gasteiger partial charge on any atom is 0.305 e. The van der Waals surface area contributed by atoms with E-state index in [1.165, 1.54) is 31.9 Å². The minimum absolute atomic E-state index is 0.0558. The number of aliphatic hydroxyl groups excluding tert-OH is 2. The van der Waals surface area contributed by atoms with Crippen molar-refractivity contribution in [2.24, 2.45) is 23.2 Å². The summed E-state index contributed by atoms with van der Waals surface area (Å²) in [5.74, 6) is 6.79. The summed E-state index contributed by atoms with van der Waals surface area (Å²) >= 11 is 0. The van der Waals surface area contributed by atoms with Crippen molar-refractivity contribution in [3.63, 3.8) is 0 Å². The molecule has 150 valence electrons. The summed E-state index contributed by atoms with van der Waals surface area (Å²) in [6.45, 7) is 2.27. The van der Waals surface area contributed by atoms with Gasteiger partial charge >= 0.3 is 5.97 Å². The number of aliphatic hydroxyl groups is 2. The fourth-order valence-electron chi connectivity index (χ4n) is 5.30. The number of fused-ring (bicyclic) bond motifs is 1. The van der Waals surface area contributed by atoms with Gasteiger partial charge in [0.25, 0.3) is 0 Å². The lowest BCUT2D eigenvalue weighted by Crippen LogP contribution is -2.51. The van der Waals surface area contributed by atoms with Gasteiger partial charge in [-0.3, -0.25) is 4.79 Å². The molecule has 0 spiro atoms. The van der Waals surface area contributed by atoms with E-state index in [9.17, 15) is 15.0 Å². The number of ether oxygens (including phenoxy) is 1. The van der Waals surface area contributed by atoms with Crippen molar-refractivity contribution in [3.05, 3.63) is 11.6 Å². The Labute approximate surface area is 163 Å². The zero-order chi connectivity index (χ0) is 19.4. The Kier molecular flexibility index (Phi) is 6.65. The molecule has 0 amide bonds. The molecule has 27 heavy (non-hydrogen) atoms. The maximum absolute atomic E-state index is 11.3. The van der Waals surface area contributed by atoms with Gasteiger partial charge in [-0.25, -0.2) is 0 Å². The monoisotopic (exact) mass is 374 g/mol. The van der Waals surface area contributed by atoms with Crippen molar-refractivity contribution in [1.82, 2.24) is 0 Å². The number of rotatable bonds is 4. The van der Waals surface area contributed by atoms with Crippen molar-refractivity contribution in [3.8, 4) is 11.8 Å². The first-order chi connectivity index (χ1) is 13.0. The smallest absolute Gasteiger partial charge is 0.305 e. The van der Waals surface area contributed by atoms with Crippen molar-refractivity contribution in [2.75, 3.05) is 7.11 Å². The summed E-state index contributed by atoms with van der Waals surface area (Å²) in [4.78, 5) is 11.3. The largest absolute Gasteiger partial charge is 0.469 e. The molecule has 1 unspecified atom stereocenters. The molecule has 0 saturated heterocycles. The third-order valence-electron chi connectivity index (χ3n) is 7.26. The van der Waals surface area contributed by atoms with Gasteiger partial charge in [-0.1, -0.05) is 49.7 Å². The molecule has 4 nitrogen and oxygen atoms in total. The van der Waals surface area contributed by atoms with Gasteiger partial charge < -0.3 is 14.9 Å². The van der Waals surface area contributed by atoms with Crippen LogP contribution in [-0.4, -0.2) is 35.5 Å². The Bertz CT molecular complexity index is 622. The van der Waals surface area contributed by atoms with E-state index in [1.807, 2.05) is 0 Å². The zero-order valence-electron chi connectivity index (χ0n) is 16.7. The second kappa shape index (κ2) is 8.80. The third kappa shape index (κ3) is 4.41. The zero-order valence-corrected chi connectivity index (χ0v) is 16.7. The average molecular weight is 375 g/mol.